The van der Waals surface area contributed by atoms with Crippen molar-refractivity contribution in [3.63, 3.8) is 0 Å². The van der Waals surface area contributed by atoms with Crippen molar-refractivity contribution < 1.29 is 31.9 Å². The topological polar surface area (TPSA) is 119 Å². The zero-order valence-corrected chi connectivity index (χ0v) is 16.3. The molecular formula is C19H19FN2O6S. The van der Waals surface area contributed by atoms with Crippen molar-refractivity contribution in [3.05, 3.63) is 65.5 Å². The number of hydrogen-bond acceptors (Lipinski definition) is 6. The van der Waals surface area contributed by atoms with Crippen LogP contribution in [0.15, 0.2) is 53.4 Å². The van der Waals surface area contributed by atoms with E-state index >= 15 is 0 Å². The van der Waals surface area contributed by atoms with Crippen LogP contribution in [0.5, 0.6) is 0 Å². The second-order valence-electron chi connectivity index (χ2n) is 6.01. The van der Waals surface area contributed by atoms with Gasteiger partial charge in [-0.2, -0.15) is 0 Å². The van der Waals surface area contributed by atoms with Crippen LogP contribution < -0.4 is 10.0 Å². The average molecular weight is 422 g/mol. The van der Waals surface area contributed by atoms with Crippen LogP contribution in [-0.2, 0) is 24.3 Å². The Morgan fingerprint density at radius 1 is 0.966 bits per heavy atom. The lowest BCUT2D eigenvalue weighted by atomic mass is 10.1. The number of halogens is 1. The maximum Gasteiger partial charge on any atom is 0.325 e. The van der Waals surface area contributed by atoms with Gasteiger partial charge in [-0.3, -0.25) is 14.4 Å². The van der Waals surface area contributed by atoms with Gasteiger partial charge in [0.25, 0.3) is 0 Å². The molecule has 0 fully saturated rings. The van der Waals surface area contributed by atoms with Crippen molar-refractivity contribution in [3.8, 4) is 0 Å². The Hall–Kier alpha value is -3.11. The van der Waals surface area contributed by atoms with Crippen molar-refractivity contribution in [1.82, 2.24) is 10.0 Å². The van der Waals surface area contributed by atoms with Gasteiger partial charge in [-0.05, 0) is 43.3 Å². The Morgan fingerprint density at radius 2 is 1.59 bits per heavy atom. The van der Waals surface area contributed by atoms with Gasteiger partial charge in [0.05, 0.1) is 11.4 Å². The molecule has 0 aliphatic rings. The molecule has 0 atom stereocenters. The number of carbonyl (C=O) groups is 3. The number of aryl methyl sites for hydroxylation is 1. The van der Waals surface area contributed by atoms with Crippen LogP contribution in [0.1, 0.15) is 15.9 Å². The molecular weight excluding hydrogens is 403 g/mol. The summed E-state index contributed by atoms with van der Waals surface area (Å²) in [6, 6.07) is 10.8. The molecule has 0 bridgehead atoms. The third kappa shape index (κ3) is 7.09. The zero-order chi connectivity index (χ0) is 21.4. The van der Waals surface area contributed by atoms with Crippen LogP contribution in [0.2, 0.25) is 0 Å². The van der Waals surface area contributed by atoms with Gasteiger partial charge in [-0.25, -0.2) is 17.5 Å². The van der Waals surface area contributed by atoms with Crippen LogP contribution in [0.25, 0.3) is 0 Å². The predicted molar refractivity (Wildman–Crippen MR) is 101 cm³/mol. The normalized spacial score (nSPS) is 11.0. The smallest absolute Gasteiger partial charge is 0.325 e. The fourth-order valence-electron chi connectivity index (χ4n) is 2.11. The summed E-state index contributed by atoms with van der Waals surface area (Å²) in [5.74, 6) is -2.66. The number of Topliss-reactive ketones (excluding diaryl/α,β-unsaturated/α-hetero) is 1. The van der Waals surface area contributed by atoms with Crippen molar-refractivity contribution in [1.29, 1.82) is 0 Å². The second-order valence-corrected chi connectivity index (χ2v) is 7.77. The molecule has 0 radical (unpaired) electrons. The maximum atomic E-state index is 12.8. The lowest BCUT2D eigenvalue weighted by molar-refractivity contribution is -0.142. The Morgan fingerprint density at radius 3 is 2.21 bits per heavy atom. The molecule has 0 unspecified atom stereocenters. The molecule has 2 aromatic carbocycles. The Labute approximate surface area is 167 Å². The molecule has 0 saturated carbocycles. The number of sulfonamides is 1. The molecule has 10 heteroatoms. The Balaban J connectivity index is 1.72. The number of carbonyl (C=O) groups excluding carboxylic acids is 3. The number of nitrogens with one attached hydrogen (secondary N) is 2. The highest BCUT2D eigenvalue weighted by atomic mass is 32.2. The number of benzene rings is 2. The minimum atomic E-state index is -3.86. The first-order valence-corrected chi connectivity index (χ1v) is 9.93. The lowest BCUT2D eigenvalue weighted by Crippen LogP contribution is -2.39. The molecule has 0 aliphatic carbocycles. The summed E-state index contributed by atoms with van der Waals surface area (Å²) >= 11 is 0. The van der Waals surface area contributed by atoms with E-state index in [4.69, 9.17) is 4.74 Å². The Kier molecular flexibility index (Phi) is 7.57. The van der Waals surface area contributed by atoms with Gasteiger partial charge < -0.3 is 10.1 Å². The van der Waals surface area contributed by atoms with Crippen molar-refractivity contribution in [2.45, 2.75) is 11.8 Å². The first-order valence-electron chi connectivity index (χ1n) is 8.45. The van der Waals surface area contributed by atoms with Crippen LogP contribution >= 0.6 is 0 Å². The summed E-state index contributed by atoms with van der Waals surface area (Å²) in [5, 5.41) is 2.19. The largest absolute Gasteiger partial charge is 0.456 e. The van der Waals surface area contributed by atoms with E-state index in [9.17, 15) is 27.2 Å². The van der Waals surface area contributed by atoms with E-state index in [1.54, 1.807) is 12.1 Å². The van der Waals surface area contributed by atoms with Crippen LogP contribution in [-0.4, -0.2) is 45.8 Å². The summed E-state index contributed by atoms with van der Waals surface area (Å²) in [7, 11) is -3.86. The van der Waals surface area contributed by atoms with E-state index in [2.05, 4.69) is 10.0 Å². The summed E-state index contributed by atoms with van der Waals surface area (Å²) < 4.78 is 43.8. The highest BCUT2D eigenvalue weighted by Crippen LogP contribution is 2.09. The molecule has 29 heavy (non-hydrogen) atoms. The number of rotatable bonds is 9. The minimum absolute atomic E-state index is 0.00890. The van der Waals surface area contributed by atoms with Gasteiger partial charge in [0, 0.05) is 5.56 Å². The fourth-order valence-corrected chi connectivity index (χ4v) is 3.09. The fraction of sp³-hybridized carbons (Fsp3) is 0.211. The van der Waals surface area contributed by atoms with E-state index in [0.717, 1.165) is 17.7 Å². The van der Waals surface area contributed by atoms with Crippen molar-refractivity contribution >= 4 is 27.7 Å². The predicted octanol–water partition coefficient (Wildman–Crippen LogP) is 0.955. The molecule has 0 saturated heterocycles. The first kappa shape index (κ1) is 22.2. The molecule has 0 spiro atoms. The van der Waals surface area contributed by atoms with E-state index < -0.39 is 53.2 Å². The van der Waals surface area contributed by atoms with E-state index in [0.29, 0.717) is 0 Å². The highest BCUT2D eigenvalue weighted by molar-refractivity contribution is 7.89. The quantitative estimate of drug-likeness (QED) is 0.459. The Bertz CT molecular complexity index is 988. The summed E-state index contributed by atoms with van der Waals surface area (Å²) in [5.41, 5.74) is 1.06. The number of ketones is 1. The number of esters is 1. The molecule has 0 heterocycles. The minimum Gasteiger partial charge on any atom is -0.456 e. The molecule has 8 nitrogen and oxygen atoms in total. The van der Waals surface area contributed by atoms with Gasteiger partial charge in [0.2, 0.25) is 15.9 Å². The van der Waals surface area contributed by atoms with E-state index in [1.807, 2.05) is 6.92 Å². The second kappa shape index (κ2) is 9.89. The number of amides is 1. The molecule has 0 aliphatic heterocycles. The third-order valence-electron chi connectivity index (χ3n) is 3.71. The summed E-state index contributed by atoms with van der Waals surface area (Å²) in [6.45, 7) is 0.129. The standard InChI is InChI=1S/C19H19FN2O6S/c1-13-2-8-16(9-3-13)29(26,27)22-10-18(24)21-11-19(25)28-12-17(23)14-4-6-15(20)7-5-14/h2-9,22H,10-12H2,1H3,(H,21,24). The molecule has 2 N–H and O–H groups in total. The van der Waals surface area contributed by atoms with Crippen LogP contribution in [0.3, 0.4) is 0 Å². The molecule has 2 aromatic rings. The van der Waals surface area contributed by atoms with Crippen molar-refractivity contribution in [2.24, 2.45) is 0 Å². The zero-order valence-electron chi connectivity index (χ0n) is 15.5. The lowest BCUT2D eigenvalue weighted by Gasteiger charge is -2.08. The number of hydrogen-bond donors (Lipinski definition) is 2. The highest BCUT2D eigenvalue weighted by Gasteiger charge is 2.16. The maximum absolute atomic E-state index is 12.8. The number of ether oxygens (including phenoxy) is 1. The van der Waals surface area contributed by atoms with Crippen LogP contribution in [0.4, 0.5) is 4.39 Å². The molecule has 154 valence electrons. The van der Waals surface area contributed by atoms with Crippen LogP contribution in [0, 0.1) is 12.7 Å². The van der Waals surface area contributed by atoms with E-state index in [-0.39, 0.29) is 10.5 Å². The monoisotopic (exact) mass is 422 g/mol. The van der Waals surface area contributed by atoms with Gasteiger partial charge in [-0.15, -0.1) is 0 Å². The van der Waals surface area contributed by atoms with Gasteiger partial charge in [0.1, 0.15) is 12.4 Å². The summed E-state index contributed by atoms with van der Waals surface area (Å²) in [4.78, 5) is 35.1. The SMILES string of the molecule is Cc1ccc(S(=O)(=O)NCC(=O)NCC(=O)OCC(=O)c2ccc(F)cc2)cc1. The van der Waals surface area contributed by atoms with Gasteiger partial charge >= 0.3 is 5.97 Å². The molecule has 2 rings (SSSR count). The van der Waals surface area contributed by atoms with E-state index in [1.165, 1.54) is 24.3 Å². The average Bonchev–Trinajstić information content (AvgIpc) is 2.70. The summed E-state index contributed by atoms with van der Waals surface area (Å²) in [6.07, 6.45) is 0. The van der Waals surface area contributed by atoms with Crippen molar-refractivity contribution in [2.75, 3.05) is 19.7 Å². The van der Waals surface area contributed by atoms with Gasteiger partial charge in [-0.1, -0.05) is 17.7 Å². The van der Waals surface area contributed by atoms with Gasteiger partial charge in [0.15, 0.2) is 12.4 Å². The molecule has 1 amide bonds. The third-order valence-corrected chi connectivity index (χ3v) is 5.13. The molecule has 0 aromatic heterocycles. The first-order chi connectivity index (χ1) is 13.7.